The first-order valence-electron chi connectivity index (χ1n) is 6.59. The van der Waals surface area contributed by atoms with E-state index in [1.54, 1.807) is 37.3 Å². The van der Waals surface area contributed by atoms with Crippen LogP contribution in [-0.2, 0) is 11.2 Å². The largest absolute Gasteiger partial charge is 0.507 e. The zero-order valence-electron chi connectivity index (χ0n) is 11.9. The van der Waals surface area contributed by atoms with Crippen LogP contribution in [0.1, 0.15) is 21.5 Å². The minimum Gasteiger partial charge on any atom is -0.507 e. The lowest BCUT2D eigenvalue weighted by Gasteiger charge is -2.09. The molecule has 5 nitrogen and oxygen atoms in total. The molecule has 0 aliphatic heterocycles. The molecule has 0 radical (unpaired) electrons. The van der Waals surface area contributed by atoms with E-state index in [2.05, 4.69) is 10.9 Å². The predicted molar refractivity (Wildman–Crippen MR) is 83.6 cm³/mol. The molecule has 0 heterocycles. The van der Waals surface area contributed by atoms with E-state index in [0.29, 0.717) is 5.02 Å². The molecule has 6 heteroatoms. The summed E-state index contributed by atoms with van der Waals surface area (Å²) in [6.07, 6.45) is 0.108. The van der Waals surface area contributed by atoms with Crippen LogP contribution in [0, 0.1) is 6.92 Å². The first-order valence-corrected chi connectivity index (χ1v) is 6.97. The highest BCUT2D eigenvalue weighted by molar-refractivity contribution is 6.30. The van der Waals surface area contributed by atoms with Crippen LogP contribution >= 0.6 is 11.6 Å². The highest BCUT2D eigenvalue weighted by Gasteiger charge is 2.12. The Balaban J connectivity index is 1.91. The summed E-state index contributed by atoms with van der Waals surface area (Å²) in [6.45, 7) is 1.80. The number of halogens is 1. The molecule has 2 aromatic carbocycles. The van der Waals surface area contributed by atoms with E-state index in [4.69, 9.17) is 11.6 Å². The van der Waals surface area contributed by atoms with Gasteiger partial charge in [-0.3, -0.25) is 20.4 Å². The molecule has 0 bridgehead atoms. The second-order valence-electron chi connectivity index (χ2n) is 4.83. The number of phenols is 1. The van der Waals surface area contributed by atoms with E-state index in [0.717, 1.165) is 11.1 Å². The Bertz CT molecular complexity index is 699. The van der Waals surface area contributed by atoms with E-state index in [1.807, 2.05) is 0 Å². The van der Waals surface area contributed by atoms with Crippen LogP contribution in [0.4, 0.5) is 0 Å². The number of benzene rings is 2. The molecule has 114 valence electrons. The topological polar surface area (TPSA) is 78.4 Å². The van der Waals surface area contributed by atoms with Gasteiger partial charge in [-0.2, -0.15) is 0 Å². The molecule has 22 heavy (non-hydrogen) atoms. The van der Waals surface area contributed by atoms with Crippen molar-refractivity contribution in [2.75, 3.05) is 0 Å². The van der Waals surface area contributed by atoms with E-state index in [9.17, 15) is 14.7 Å². The van der Waals surface area contributed by atoms with Crippen molar-refractivity contribution in [2.24, 2.45) is 0 Å². The molecule has 2 amide bonds. The zero-order valence-corrected chi connectivity index (χ0v) is 12.6. The minimum atomic E-state index is -0.578. The molecule has 2 rings (SSSR count). The first-order chi connectivity index (χ1) is 10.5. The van der Waals surface area contributed by atoms with Gasteiger partial charge in [0, 0.05) is 5.02 Å². The molecule has 2 aromatic rings. The van der Waals surface area contributed by atoms with Gasteiger partial charge in [0.15, 0.2) is 0 Å². The molecule has 0 spiro atoms. The van der Waals surface area contributed by atoms with Gasteiger partial charge in [-0.15, -0.1) is 0 Å². The summed E-state index contributed by atoms with van der Waals surface area (Å²) in [5, 5.41) is 10.2. The standard InChI is InChI=1S/C16H15ClN2O3/c1-10-2-7-14(20)13(8-10)16(22)19-18-15(21)9-11-3-5-12(17)6-4-11/h2-8,20H,9H2,1H3,(H,18,21)(H,19,22). The van der Waals surface area contributed by atoms with Gasteiger partial charge in [-0.05, 0) is 36.8 Å². The lowest BCUT2D eigenvalue weighted by atomic mass is 10.1. The zero-order chi connectivity index (χ0) is 16.1. The monoisotopic (exact) mass is 318 g/mol. The van der Waals surface area contributed by atoms with Crippen LogP contribution in [0.2, 0.25) is 5.02 Å². The molecule has 0 saturated heterocycles. The first kappa shape index (κ1) is 15.9. The fraction of sp³-hybridized carbons (Fsp3) is 0.125. The van der Waals surface area contributed by atoms with Crippen LogP contribution in [0.5, 0.6) is 5.75 Å². The molecular formula is C16H15ClN2O3. The Morgan fingerprint density at radius 2 is 1.77 bits per heavy atom. The van der Waals surface area contributed by atoms with E-state index >= 15 is 0 Å². The number of hydrogen-bond donors (Lipinski definition) is 3. The highest BCUT2D eigenvalue weighted by Crippen LogP contribution is 2.17. The second-order valence-corrected chi connectivity index (χ2v) is 5.26. The van der Waals surface area contributed by atoms with E-state index < -0.39 is 5.91 Å². The Morgan fingerprint density at radius 3 is 2.45 bits per heavy atom. The second kappa shape index (κ2) is 6.95. The molecule has 0 fully saturated rings. The number of rotatable bonds is 3. The van der Waals surface area contributed by atoms with Crippen LogP contribution in [0.15, 0.2) is 42.5 Å². The van der Waals surface area contributed by atoms with E-state index in [-0.39, 0.29) is 23.6 Å². The molecule has 0 aliphatic rings. The number of aryl methyl sites for hydroxylation is 1. The molecule has 0 unspecified atom stereocenters. The van der Waals surface area contributed by atoms with Crippen molar-refractivity contribution in [1.82, 2.24) is 10.9 Å². The fourth-order valence-electron chi connectivity index (χ4n) is 1.86. The summed E-state index contributed by atoms with van der Waals surface area (Å²) in [7, 11) is 0. The number of phenolic OH excluding ortho intramolecular Hbond substituents is 1. The molecule has 3 N–H and O–H groups in total. The van der Waals surface area contributed by atoms with Gasteiger partial charge in [0.2, 0.25) is 5.91 Å². The van der Waals surface area contributed by atoms with Crippen molar-refractivity contribution in [1.29, 1.82) is 0 Å². The van der Waals surface area contributed by atoms with Crippen LogP contribution in [0.25, 0.3) is 0 Å². The number of hydrogen-bond acceptors (Lipinski definition) is 3. The van der Waals surface area contributed by atoms with Crippen molar-refractivity contribution in [3.63, 3.8) is 0 Å². The van der Waals surface area contributed by atoms with Crippen molar-refractivity contribution >= 4 is 23.4 Å². The van der Waals surface area contributed by atoms with Crippen molar-refractivity contribution in [3.05, 3.63) is 64.2 Å². The van der Waals surface area contributed by atoms with Gasteiger partial charge in [0.05, 0.1) is 12.0 Å². The average molecular weight is 319 g/mol. The third-order valence-corrected chi connectivity index (χ3v) is 3.24. The lowest BCUT2D eigenvalue weighted by Crippen LogP contribution is -2.42. The third-order valence-electron chi connectivity index (χ3n) is 2.99. The fourth-order valence-corrected chi connectivity index (χ4v) is 1.98. The predicted octanol–water partition coefficient (Wildman–Crippen LogP) is 2.36. The minimum absolute atomic E-state index is 0.104. The smallest absolute Gasteiger partial charge is 0.273 e. The van der Waals surface area contributed by atoms with Crippen LogP contribution in [-0.4, -0.2) is 16.9 Å². The summed E-state index contributed by atoms with van der Waals surface area (Å²) >= 11 is 5.77. The van der Waals surface area contributed by atoms with Gasteiger partial charge in [0.1, 0.15) is 5.75 Å². The van der Waals surface area contributed by atoms with Gasteiger partial charge >= 0.3 is 0 Å². The molecule has 0 atom stereocenters. The molecular weight excluding hydrogens is 304 g/mol. The van der Waals surface area contributed by atoms with Crippen LogP contribution in [0.3, 0.4) is 0 Å². The van der Waals surface area contributed by atoms with Gasteiger partial charge in [0.25, 0.3) is 5.91 Å². The molecule has 0 aliphatic carbocycles. The Hall–Kier alpha value is -2.53. The highest BCUT2D eigenvalue weighted by atomic mass is 35.5. The van der Waals surface area contributed by atoms with Gasteiger partial charge < -0.3 is 5.11 Å². The number of carbonyl (C=O) groups excluding carboxylic acids is 2. The number of hydrazine groups is 1. The SMILES string of the molecule is Cc1ccc(O)c(C(=O)NNC(=O)Cc2ccc(Cl)cc2)c1. The summed E-state index contributed by atoms with van der Waals surface area (Å²) in [5.41, 5.74) is 6.29. The summed E-state index contributed by atoms with van der Waals surface area (Å²) < 4.78 is 0. The maximum atomic E-state index is 11.9. The van der Waals surface area contributed by atoms with E-state index in [1.165, 1.54) is 12.1 Å². The Morgan fingerprint density at radius 1 is 1.09 bits per heavy atom. The maximum absolute atomic E-state index is 11.9. The van der Waals surface area contributed by atoms with Gasteiger partial charge in [-0.25, -0.2) is 0 Å². The summed E-state index contributed by atoms with van der Waals surface area (Å²) in [6, 6.07) is 11.5. The lowest BCUT2D eigenvalue weighted by molar-refractivity contribution is -0.121. The number of nitrogens with one attached hydrogen (secondary N) is 2. The molecule has 0 saturated carbocycles. The number of carbonyl (C=O) groups is 2. The van der Waals surface area contributed by atoms with Crippen molar-refractivity contribution in [3.8, 4) is 5.75 Å². The number of aromatic hydroxyl groups is 1. The Labute approximate surface area is 132 Å². The summed E-state index contributed by atoms with van der Waals surface area (Å²) in [4.78, 5) is 23.7. The quantitative estimate of drug-likeness (QED) is 0.760. The normalized spacial score (nSPS) is 10.1. The van der Waals surface area contributed by atoms with Crippen LogP contribution < -0.4 is 10.9 Å². The Kier molecular flexibility index (Phi) is 5.01. The maximum Gasteiger partial charge on any atom is 0.273 e. The van der Waals surface area contributed by atoms with Crippen molar-refractivity contribution < 1.29 is 14.7 Å². The number of amides is 2. The van der Waals surface area contributed by atoms with Crippen molar-refractivity contribution in [2.45, 2.75) is 13.3 Å². The average Bonchev–Trinajstić information content (AvgIpc) is 2.49. The third kappa shape index (κ3) is 4.23. The molecule has 0 aromatic heterocycles. The summed E-state index contributed by atoms with van der Waals surface area (Å²) in [5.74, 6) is -1.09. The van der Waals surface area contributed by atoms with Gasteiger partial charge in [-0.1, -0.05) is 35.4 Å².